The molecule has 1 aromatic rings. The van der Waals surface area contributed by atoms with Gasteiger partial charge in [-0.05, 0) is 30.0 Å². The van der Waals surface area contributed by atoms with Gasteiger partial charge in [0.25, 0.3) is 0 Å². The fourth-order valence-corrected chi connectivity index (χ4v) is 2.47. The van der Waals surface area contributed by atoms with Gasteiger partial charge >= 0.3 is 0 Å². The predicted molar refractivity (Wildman–Crippen MR) is 67.0 cm³/mol. The Labute approximate surface area is 98.0 Å². The molecule has 0 bridgehead atoms. The molecule has 88 valence electrons. The van der Waals surface area contributed by atoms with Crippen molar-refractivity contribution in [2.45, 2.75) is 26.7 Å². The first-order chi connectivity index (χ1) is 7.63. The van der Waals surface area contributed by atoms with E-state index >= 15 is 0 Å². The molecule has 1 aliphatic heterocycles. The predicted octanol–water partition coefficient (Wildman–Crippen LogP) is 2.80. The lowest BCUT2D eigenvalue weighted by Gasteiger charge is -2.26. The highest BCUT2D eigenvalue weighted by atomic mass is 16.5. The van der Waals surface area contributed by atoms with Gasteiger partial charge in [-0.2, -0.15) is 0 Å². The highest BCUT2D eigenvalue weighted by Crippen LogP contribution is 2.38. The van der Waals surface area contributed by atoms with Crippen LogP contribution in [0.4, 0.5) is 0 Å². The molecule has 0 saturated carbocycles. The Morgan fingerprint density at radius 2 is 2.00 bits per heavy atom. The molecular formula is C14H21NO. The molecular weight excluding hydrogens is 198 g/mol. The van der Waals surface area contributed by atoms with Crippen molar-refractivity contribution in [2.24, 2.45) is 5.41 Å². The van der Waals surface area contributed by atoms with E-state index in [2.05, 4.69) is 43.4 Å². The maximum Gasteiger partial charge on any atom is 0.119 e. The molecule has 1 aromatic carbocycles. The number of benzene rings is 1. The molecule has 2 rings (SSSR count). The van der Waals surface area contributed by atoms with E-state index in [1.54, 1.807) is 0 Å². The van der Waals surface area contributed by atoms with Crippen molar-refractivity contribution in [1.82, 2.24) is 5.32 Å². The van der Waals surface area contributed by atoms with Gasteiger partial charge in [0.2, 0.25) is 0 Å². The Kier molecular flexibility index (Phi) is 3.20. The number of nitrogens with one attached hydrogen (secondary N) is 1. The summed E-state index contributed by atoms with van der Waals surface area (Å²) < 4.78 is 5.46. The van der Waals surface area contributed by atoms with E-state index in [1.807, 2.05) is 6.92 Å². The van der Waals surface area contributed by atoms with E-state index in [0.29, 0.717) is 11.3 Å². The monoisotopic (exact) mass is 219 g/mol. The summed E-state index contributed by atoms with van der Waals surface area (Å²) in [5.41, 5.74) is 1.77. The van der Waals surface area contributed by atoms with Gasteiger partial charge in [-0.15, -0.1) is 0 Å². The largest absolute Gasteiger partial charge is 0.494 e. The molecule has 1 fully saturated rings. The van der Waals surface area contributed by atoms with Gasteiger partial charge in [0.1, 0.15) is 5.75 Å². The minimum absolute atomic E-state index is 0.354. The zero-order valence-electron chi connectivity index (χ0n) is 10.4. The molecule has 1 heterocycles. The van der Waals surface area contributed by atoms with Crippen molar-refractivity contribution in [2.75, 3.05) is 19.7 Å². The fourth-order valence-electron chi connectivity index (χ4n) is 2.47. The van der Waals surface area contributed by atoms with Crippen molar-refractivity contribution in [3.8, 4) is 5.75 Å². The van der Waals surface area contributed by atoms with Crippen LogP contribution in [0.2, 0.25) is 0 Å². The van der Waals surface area contributed by atoms with Crippen molar-refractivity contribution >= 4 is 0 Å². The molecule has 1 saturated heterocycles. The van der Waals surface area contributed by atoms with Gasteiger partial charge in [-0.3, -0.25) is 0 Å². The topological polar surface area (TPSA) is 21.3 Å². The number of hydrogen-bond donors (Lipinski definition) is 1. The average molecular weight is 219 g/mol. The minimum Gasteiger partial charge on any atom is -0.494 e. The first kappa shape index (κ1) is 11.5. The Morgan fingerprint density at radius 3 is 2.50 bits per heavy atom. The van der Waals surface area contributed by atoms with Gasteiger partial charge in [0, 0.05) is 19.0 Å². The Bertz CT molecular complexity index is 342. The van der Waals surface area contributed by atoms with Crippen molar-refractivity contribution < 1.29 is 4.74 Å². The molecule has 1 N–H and O–H groups in total. The van der Waals surface area contributed by atoms with Crippen LogP contribution in [-0.4, -0.2) is 19.7 Å². The van der Waals surface area contributed by atoms with Crippen LogP contribution in [0.25, 0.3) is 0 Å². The van der Waals surface area contributed by atoms with Crippen molar-refractivity contribution in [3.63, 3.8) is 0 Å². The third kappa shape index (κ3) is 2.22. The first-order valence-corrected chi connectivity index (χ1v) is 6.07. The number of rotatable bonds is 3. The molecule has 0 unspecified atom stereocenters. The van der Waals surface area contributed by atoms with Crippen LogP contribution in [0.1, 0.15) is 32.3 Å². The summed E-state index contributed by atoms with van der Waals surface area (Å²) >= 11 is 0. The second kappa shape index (κ2) is 4.46. The standard InChI is InChI=1S/C14H21NO/c1-4-16-12-7-5-11(6-8-12)13-9-15-10-14(13,2)3/h5-8,13,15H,4,9-10H2,1-3H3/t13-/m1/s1. The Morgan fingerprint density at radius 1 is 1.31 bits per heavy atom. The third-order valence-corrected chi connectivity index (χ3v) is 3.47. The van der Waals surface area contributed by atoms with E-state index in [9.17, 15) is 0 Å². The van der Waals surface area contributed by atoms with E-state index in [-0.39, 0.29) is 0 Å². The lowest BCUT2D eigenvalue weighted by Crippen LogP contribution is -2.20. The smallest absolute Gasteiger partial charge is 0.119 e. The van der Waals surface area contributed by atoms with E-state index in [1.165, 1.54) is 5.56 Å². The molecule has 0 aromatic heterocycles. The maximum atomic E-state index is 5.46. The molecule has 0 radical (unpaired) electrons. The maximum absolute atomic E-state index is 5.46. The Balaban J connectivity index is 2.15. The van der Waals surface area contributed by atoms with E-state index in [0.717, 1.165) is 25.4 Å². The first-order valence-electron chi connectivity index (χ1n) is 6.07. The average Bonchev–Trinajstić information content (AvgIpc) is 2.60. The van der Waals surface area contributed by atoms with Crippen molar-refractivity contribution in [3.05, 3.63) is 29.8 Å². The van der Waals surface area contributed by atoms with Crippen LogP contribution in [0.5, 0.6) is 5.75 Å². The highest BCUT2D eigenvalue weighted by Gasteiger charge is 2.35. The molecule has 2 heteroatoms. The Hall–Kier alpha value is -1.02. The summed E-state index contributed by atoms with van der Waals surface area (Å²) in [7, 11) is 0. The highest BCUT2D eigenvalue weighted by molar-refractivity contribution is 5.31. The summed E-state index contributed by atoms with van der Waals surface area (Å²) in [4.78, 5) is 0. The summed E-state index contributed by atoms with van der Waals surface area (Å²) in [6, 6.07) is 8.55. The second-order valence-corrected chi connectivity index (χ2v) is 5.17. The zero-order chi connectivity index (χ0) is 11.6. The van der Waals surface area contributed by atoms with Crippen LogP contribution in [0, 0.1) is 5.41 Å². The van der Waals surface area contributed by atoms with Crippen LogP contribution in [0.15, 0.2) is 24.3 Å². The van der Waals surface area contributed by atoms with Crippen LogP contribution >= 0.6 is 0 Å². The molecule has 2 nitrogen and oxygen atoms in total. The minimum atomic E-state index is 0.354. The van der Waals surface area contributed by atoms with Crippen LogP contribution in [0.3, 0.4) is 0 Å². The van der Waals surface area contributed by atoms with Gasteiger partial charge in [-0.1, -0.05) is 26.0 Å². The number of hydrogen-bond acceptors (Lipinski definition) is 2. The summed E-state index contributed by atoms with van der Waals surface area (Å²) in [6.07, 6.45) is 0. The molecule has 0 spiro atoms. The molecule has 0 amide bonds. The summed E-state index contributed by atoms with van der Waals surface area (Å²) in [6.45, 7) is 9.59. The normalized spacial score (nSPS) is 23.3. The van der Waals surface area contributed by atoms with Gasteiger partial charge < -0.3 is 10.1 Å². The number of ether oxygens (including phenoxy) is 1. The third-order valence-electron chi connectivity index (χ3n) is 3.47. The van der Waals surface area contributed by atoms with Gasteiger partial charge in [-0.25, -0.2) is 0 Å². The molecule has 0 aliphatic carbocycles. The van der Waals surface area contributed by atoms with E-state index < -0.39 is 0 Å². The lowest BCUT2D eigenvalue weighted by molar-refractivity contribution is 0.339. The summed E-state index contributed by atoms with van der Waals surface area (Å²) in [5, 5.41) is 3.47. The molecule has 16 heavy (non-hydrogen) atoms. The molecule has 1 atom stereocenters. The van der Waals surface area contributed by atoms with Gasteiger partial charge in [0.05, 0.1) is 6.61 Å². The second-order valence-electron chi connectivity index (χ2n) is 5.17. The lowest BCUT2D eigenvalue weighted by atomic mass is 9.78. The van der Waals surface area contributed by atoms with Crippen LogP contribution < -0.4 is 10.1 Å². The SMILES string of the molecule is CCOc1ccc([C@H]2CNCC2(C)C)cc1. The van der Waals surface area contributed by atoms with Crippen molar-refractivity contribution in [1.29, 1.82) is 0 Å². The zero-order valence-corrected chi connectivity index (χ0v) is 10.4. The fraction of sp³-hybridized carbons (Fsp3) is 0.571. The van der Waals surface area contributed by atoms with E-state index in [4.69, 9.17) is 4.74 Å². The quantitative estimate of drug-likeness (QED) is 0.844. The van der Waals surface area contributed by atoms with Gasteiger partial charge in [0.15, 0.2) is 0 Å². The van der Waals surface area contributed by atoms with Crippen LogP contribution in [-0.2, 0) is 0 Å². The summed E-state index contributed by atoms with van der Waals surface area (Å²) in [5.74, 6) is 1.58. The molecule has 1 aliphatic rings.